The number of hydrogen-bond acceptors (Lipinski definition) is 4. The molecule has 0 radical (unpaired) electrons. The van der Waals surface area contributed by atoms with Crippen LogP contribution in [0.25, 0.3) is 26.0 Å². The number of para-hydroxylation sites is 1. The fourth-order valence-corrected chi connectivity index (χ4v) is 4.75. The van der Waals surface area contributed by atoms with E-state index in [2.05, 4.69) is 34.7 Å². The topological polar surface area (TPSA) is 38.0 Å². The van der Waals surface area contributed by atoms with Crippen molar-refractivity contribution in [1.82, 2.24) is 9.78 Å². The maximum absolute atomic E-state index is 10.4. The summed E-state index contributed by atoms with van der Waals surface area (Å²) in [4.78, 5) is 3.54. The minimum Gasteiger partial charge on any atom is -0.384 e. The van der Waals surface area contributed by atoms with Gasteiger partial charge in [0.1, 0.15) is 5.60 Å². The summed E-state index contributed by atoms with van der Waals surface area (Å²) in [6.45, 7) is 3.48. The quantitative estimate of drug-likeness (QED) is 0.442. The third kappa shape index (κ3) is 3.23. The van der Waals surface area contributed by atoms with Gasteiger partial charge >= 0.3 is 0 Å². The molecule has 0 aliphatic rings. The zero-order chi connectivity index (χ0) is 18.3. The number of rotatable bonds is 4. The molecule has 0 aliphatic heterocycles. The molecule has 132 valence electrons. The highest BCUT2D eigenvalue weighted by Crippen LogP contribution is 2.39. The van der Waals surface area contributed by atoms with E-state index >= 15 is 0 Å². The Morgan fingerprint density at radius 3 is 2.46 bits per heavy atom. The van der Waals surface area contributed by atoms with Crippen LogP contribution < -0.4 is 0 Å². The molecule has 3 heterocycles. The Labute approximate surface area is 165 Å². The van der Waals surface area contributed by atoms with Crippen LogP contribution >= 0.6 is 34.3 Å². The summed E-state index contributed by atoms with van der Waals surface area (Å²) in [6, 6.07) is 17.9. The van der Waals surface area contributed by atoms with Gasteiger partial charge < -0.3 is 5.11 Å². The lowest BCUT2D eigenvalue weighted by molar-refractivity contribution is 0.0734. The third-order valence-electron chi connectivity index (χ3n) is 4.04. The molecular formula is C20H17ClN2OS2. The lowest BCUT2D eigenvalue weighted by Crippen LogP contribution is -2.16. The van der Waals surface area contributed by atoms with Gasteiger partial charge in [-0.05, 0) is 55.6 Å². The maximum Gasteiger partial charge on any atom is 0.103 e. The molecule has 0 saturated heterocycles. The van der Waals surface area contributed by atoms with Gasteiger partial charge in [0.25, 0.3) is 0 Å². The van der Waals surface area contributed by atoms with Crippen molar-refractivity contribution < 1.29 is 5.11 Å². The van der Waals surface area contributed by atoms with E-state index in [9.17, 15) is 5.11 Å². The van der Waals surface area contributed by atoms with Crippen molar-refractivity contribution in [2.24, 2.45) is 0 Å². The van der Waals surface area contributed by atoms with Crippen molar-refractivity contribution >= 4 is 34.3 Å². The molecule has 4 aromatic rings. The predicted octanol–water partition coefficient (Wildman–Crippen LogP) is 6.21. The number of benzene rings is 1. The van der Waals surface area contributed by atoms with Crippen molar-refractivity contribution in [2.45, 2.75) is 19.4 Å². The number of nitrogens with zero attached hydrogens (tertiary/aromatic N) is 2. The van der Waals surface area contributed by atoms with Gasteiger partial charge in [-0.3, -0.25) is 0 Å². The number of thiophene rings is 2. The molecule has 0 aliphatic carbocycles. The molecule has 0 unspecified atom stereocenters. The summed E-state index contributed by atoms with van der Waals surface area (Å²) in [5, 5.41) is 17.8. The molecule has 1 N–H and O–H groups in total. The zero-order valence-corrected chi connectivity index (χ0v) is 16.7. The first kappa shape index (κ1) is 17.5. The molecule has 0 bridgehead atoms. The van der Waals surface area contributed by atoms with Gasteiger partial charge in [-0.25, -0.2) is 4.68 Å². The van der Waals surface area contributed by atoms with Crippen molar-refractivity contribution in [2.75, 3.05) is 0 Å². The molecule has 3 aromatic heterocycles. The van der Waals surface area contributed by atoms with Gasteiger partial charge in [0.15, 0.2) is 0 Å². The first-order chi connectivity index (χ1) is 12.4. The van der Waals surface area contributed by atoms with Gasteiger partial charge in [0, 0.05) is 9.75 Å². The number of aliphatic hydroxyl groups is 1. The van der Waals surface area contributed by atoms with Gasteiger partial charge in [-0.15, -0.1) is 22.7 Å². The van der Waals surface area contributed by atoms with Crippen LogP contribution in [0.2, 0.25) is 5.02 Å². The lowest BCUT2D eigenvalue weighted by atomic mass is 10.1. The second kappa shape index (κ2) is 6.67. The molecule has 0 spiro atoms. The first-order valence-electron chi connectivity index (χ1n) is 8.15. The molecule has 0 amide bonds. The maximum atomic E-state index is 10.4. The highest BCUT2D eigenvalue weighted by Gasteiger charge is 2.24. The molecule has 26 heavy (non-hydrogen) atoms. The van der Waals surface area contributed by atoms with Crippen LogP contribution in [0.5, 0.6) is 0 Å². The Bertz CT molecular complexity index is 1040. The fourth-order valence-electron chi connectivity index (χ4n) is 2.69. The van der Waals surface area contributed by atoms with E-state index in [0.717, 1.165) is 16.3 Å². The number of aromatic nitrogens is 2. The van der Waals surface area contributed by atoms with Gasteiger partial charge in [-0.2, -0.15) is 5.10 Å². The summed E-state index contributed by atoms with van der Waals surface area (Å²) in [6.07, 6.45) is 0. The van der Waals surface area contributed by atoms with E-state index in [1.807, 2.05) is 35.0 Å². The standard InChI is InChI=1S/C20H17ClN2OS2/c1-20(2,24)19-12-15(23(22-19)14-7-4-3-6-13(14)21)16-9-10-18(26-16)17-8-5-11-25-17/h3-12,24H,1-2H3. The number of halogens is 1. The second-order valence-corrected chi connectivity index (χ2v) is 8.92. The average molecular weight is 401 g/mol. The van der Waals surface area contributed by atoms with E-state index in [1.165, 1.54) is 9.75 Å². The minimum absolute atomic E-state index is 0.610. The van der Waals surface area contributed by atoms with Gasteiger partial charge in [0.05, 0.1) is 27.0 Å². The van der Waals surface area contributed by atoms with Gasteiger partial charge in [0.2, 0.25) is 0 Å². The Balaban J connectivity index is 1.88. The summed E-state index contributed by atoms with van der Waals surface area (Å²) in [5.74, 6) is 0. The number of hydrogen-bond donors (Lipinski definition) is 1. The summed E-state index contributed by atoms with van der Waals surface area (Å²) >= 11 is 9.84. The Morgan fingerprint density at radius 2 is 1.77 bits per heavy atom. The fraction of sp³-hybridized carbons (Fsp3) is 0.150. The van der Waals surface area contributed by atoms with E-state index in [4.69, 9.17) is 11.6 Å². The molecule has 4 rings (SSSR count). The Hall–Kier alpha value is -1.92. The van der Waals surface area contributed by atoms with Crippen molar-refractivity contribution in [3.05, 3.63) is 70.7 Å². The monoisotopic (exact) mass is 400 g/mol. The van der Waals surface area contributed by atoms with Crippen LogP contribution in [0.4, 0.5) is 0 Å². The predicted molar refractivity (Wildman–Crippen MR) is 110 cm³/mol. The zero-order valence-electron chi connectivity index (χ0n) is 14.3. The summed E-state index contributed by atoms with van der Waals surface area (Å²) < 4.78 is 1.82. The SMILES string of the molecule is CC(C)(O)c1cc(-c2ccc(-c3cccs3)s2)n(-c2ccccc2Cl)n1. The van der Waals surface area contributed by atoms with E-state index in [-0.39, 0.29) is 0 Å². The molecule has 1 aromatic carbocycles. The molecule has 3 nitrogen and oxygen atoms in total. The molecule has 0 saturated carbocycles. The normalized spacial score (nSPS) is 11.8. The van der Waals surface area contributed by atoms with Crippen LogP contribution in [0.15, 0.2) is 60.0 Å². The molecular weight excluding hydrogens is 384 g/mol. The largest absolute Gasteiger partial charge is 0.384 e. The van der Waals surface area contributed by atoms with E-state index in [1.54, 1.807) is 36.5 Å². The third-order valence-corrected chi connectivity index (χ3v) is 6.53. The highest BCUT2D eigenvalue weighted by atomic mass is 35.5. The minimum atomic E-state index is -1.03. The smallest absolute Gasteiger partial charge is 0.103 e. The van der Waals surface area contributed by atoms with Crippen molar-refractivity contribution in [1.29, 1.82) is 0 Å². The molecule has 6 heteroatoms. The van der Waals surface area contributed by atoms with Crippen molar-refractivity contribution in [3.8, 4) is 26.0 Å². The van der Waals surface area contributed by atoms with Crippen LogP contribution in [-0.2, 0) is 5.60 Å². The summed E-state index contributed by atoms with van der Waals surface area (Å²) in [7, 11) is 0. The van der Waals surface area contributed by atoms with Crippen LogP contribution in [0, 0.1) is 0 Å². The van der Waals surface area contributed by atoms with Crippen LogP contribution in [0.3, 0.4) is 0 Å². The van der Waals surface area contributed by atoms with Crippen LogP contribution in [-0.4, -0.2) is 14.9 Å². The molecule has 0 fully saturated rings. The highest BCUT2D eigenvalue weighted by molar-refractivity contribution is 7.23. The van der Waals surface area contributed by atoms with Gasteiger partial charge in [-0.1, -0.05) is 29.8 Å². The average Bonchev–Trinajstić information content (AvgIpc) is 3.33. The molecule has 0 atom stereocenters. The first-order valence-corrected chi connectivity index (χ1v) is 10.2. The summed E-state index contributed by atoms with van der Waals surface area (Å²) in [5.41, 5.74) is 1.29. The van der Waals surface area contributed by atoms with Crippen molar-refractivity contribution in [3.63, 3.8) is 0 Å². The van der Waals surface area contributed by atoms with E-state index < -0.39 is 5.60 Å². The Kier molecular flexibility index (Phi) is 4.49. The van der Waals surface area contributed by atoms with Crippen LogP contribution in [0.1, 0.15) is 19.5 Å². The Morgan fingerprint density at radius 1 is 1.00 bits per heavy atom. The van der Waals surface area contributed by atoms with E-state index in [0.29, 0.717) is 10.7 Å². The second-order valence-electron chi connectivity index (χ2n) is 6.48. The lowest BCUT2D eigenvalue weighted by Gasteiger charge is -2.13.